The molecule has 0 aliphatic carbocycles. The largest absolute Gasteiger partial charge is 0.444 e. The van der Waals surface area contributed by atoms with Gasteiger partial charge >= 0.3 is 6.09 Å². The Bertz CT molecular complexity index is 813. The second-order valence-electron chi connectivity index (χ2n) is 7.89. The minimum absolute atomic E-state index is 0.188. The van der Waals surface area contributed by atoms with Crippen LogP contribution in [0.15, 0.2) is 54.6 Å². The van der Waals surface area contributed by atoms with Crippen LogP contribution in [-0.4, -0.2) is 35.1 Å². The second kappa shape index (κ2) is 8.33. The van der Waals surface area contributed by atoms with Crippen molar-refractivity contribution in [1.29, 1.82) is 0 Å². The van der Waals surface area contributed by atoms with E-state index < -0.39 is 17.7 Å². The van der Waals surface area contributed by atoms with Crippen molar-refractivity contribution in [3.63, 3.8) is 0 Å². The molecule has 1 aliphatic rings. The van der Waals surface area contributed by atoms with Crippen LogP contribution >= 0.6 is 0 Å². The van der Waals surface area contributed by atoms with E-state index in [0.717, 1.165) is 17.8 Å². The lowest BCUT2D eigenvalue weighted by molar-refractivity contribution is -0.120. The summed E-state index contributed by atoms with van der Waals surface area (Å²) in [5.41, 5.74) is 2.04. The van der Waals surface area contributed by atoms with Gasteiger partial charge in [0.05, 0.1) is 0 Å². The van der Waals surface area contributed by atoms with Crippen LogP contribution in [0, 0.1) is 0 Å². The summed E-state index contributed by atoms with van der Waals surface area (Å²) in [7, 11) is 0. The average Bonchev–Trinajstić information content (AvgIpc) is 3.13. The molecule has 0 saturated carbocycles. The number of para-hydroxylation sites is 1. The third-order valence-corrected chi connectivity index (χ3v) is 4.40. The minimum Gasteiger partial charge on any atom is -0.444 e. The molecule has 0 radical (unpaired) electrons. The van der Waals surface area contributed by atoms with Crippen LogP contribution in [-0.2, 0) is 9.53 Å². The highest BCUT2D eigenvalue weighted by atomic mass is 16.6. The van der Waals surface area contributed by atoms with Crippen LogP contribution in [0.1, 0.15) is 33.6 Å². The lowest BCUT2D eigenvalue weighted by Crippen LogP contribution is -2.45. The van der Waals surface area contributed by atoms with E-state index in [4.69, 9.17) is 4.74 Å². The standard InChI is InChI=1S/C22H27N3O3/c1-22(2,3)28-21(27)25-15-7-10-19(25)20(26)24-18-13-11-17(12-14-18)23-16-8-5-4-6-9-16/h4-6,8-9,11-14,19,23H,7,10,15H2,1-3H3,(H,24,26). The second-order valence-corrected chi connectivity index (χ2v) is 7.89. The summed E-state index contributed by atoms with van der Waals surface area (Å²) in [5, 5.41) is 6.21. The number of likely N-dealkylation sites (tertiary alicyclic amines) is 1. The fourth-order valence-electron chi connectivity index (χ4n) is 3.13. The van der Waals surface area contributed by atoms with Gasteiger partial charge in [-0.1, -0.05) is 18.2 Å². The number of nitrogens with one attached hydrogen (secondary N) is 2. The summed E-state index contributed by atoms with van der Waals surface area (Å²) >= 11 is 0. The monoisotopic (exact) mass is 381 g/mol. The predicted octanol–water partition coefficient (Wildman–Crippen LogP) is 4.77. The van der Waals surface area contributed by atoms with Crippen LogP contribution in [0.5, 0.6) is 0 Å². The Morgan fingerprint density at radius 3 is 2.21 bits per heavy atom. The molecule has 2 N–H and O–H groups in total. The van der Waals surface area contributed by atoms with Gasteiger partial charge in [0.2, 0.25) is 5.91 Å². The molecule has 6 nitrogen and oxygen atoms in total. The van der Waals surface area contributed by atoms with Gasteiger partial charge in [0.25, 0.3) is 0 Å². The van der Waals surface area contributed by atoms with Gasteiger partial charge in [0.1, 0.15) is 11.6 Å². The zero-order valence-corrected chi connectivity index (χ0v) is 16.6. The Kier molecular flexibility index (Phi) is 5.87. The molecule has 0 spiro atoms. The molecule has 2 aromatic rings. The SMILES string of the molecule is CC(C)(C)OC(=O)N1CCCC1C(=O)Nc1ccc(Nc2ccccc2)cc1. The van der Waals surface area contributed by atoms with E-state index >= 15 is 0 Å². The first kappa shape index (κ1) is 19.7. The van der Waals surface area contributed by atoms with Crippen molar-refractivity contribution in [1.82, 2.24) is 4.90 Å². The molecule has 148 valence electrons. The summed E-state index contributed by atoms with van der Waals surface area (Å²) in [6.45, 7) is 6.00. The molecule has 2 aromatic carbocycles. The minimum atomic E-state index is -0.581. The van der Waals surface area contributed by atoms with E-state index in [1.54, 1.807) is 0 Å². The van der Waals surface area contributed by atoms with E-state index in [1.165, 1.54) is 4.90 Å². The summed E-state index contributed by atoms with van der Waals surface area (Å²) in [6.07, 6.45) is 0.989. The summed E-state index contributed by atoms with van der Waals surface area (Å²) in [4.78, 5) is 26.6. The van der Waals surface area contributed by atoms with Gasteiger partial charge in [-0.15, -0.1) is 0 Å². The molecule has 1 fully saturated rings. The first-order chi connectivity index (χ1) is 13.3. The smallest absolute Gasteiger partial charge is 0.410 e. The Morgan fingerprint density at radius 2 is 1.57 bits per heavy atom. The number of rotatable bonds is 4. The molecule has 28 heavy (non-hydrogen) atoms. The molecule has 1 atom stereocenters. The van der Waals surface area contributed by atoms with Gasteiger partial charge < -0.3 is 15.4 Å². The Hall–Kier alpha value is -3.02. The van der Waals surface area contributed by atoms with Crippen molar-refractivity contribution in [2.45, 2.75) is 45.3 Å². The average molecular weight is 381 g/mol. The zero-order chi connectivity index (χ0) is 20.1. The normalized spacial score (nSPS) is 16.5. The quantitative estimate of drug-likeness (QED) is 0.800. The van der Waals surface area contributed by atoms with E-state index in [2.05, 4.69) is 10.6 Å². The van der Waals surface area contributed by atoms with Gasteiger partial charge in [-0.2, -0.15) is 0 Å². The number of anilines is 3. The van der Waals surface area contributed by atoms with E-state index in [0.29, 0.717) is 18.7 Å². The fraction of sp³-hybridized carbons (Fsp3) is 0.364. The zero-order valence-electron chi connectivity index (χ0n) is 16.6. The van der Waals surface area contributed by atoms with Crippen LogP contribution in [0.25, 0.3) is 0 Å². The van der Waals surface area contributed by atoms with Crippen molar-refractivity contribution >= 4 is 29.1 Å². The molecule has 3 rings (SSSR count). The highest BCUT2D eigenvalue weighted by Gasteiger charge is 2.36. The highest BCUT2D eigenvalue weighted by Crippen LogP contribution is 2.23. The first-order valence-corrected chi connectivity index (χ1v) is 9.54. The number of ether oxygens (including phenoxy) is 1. The molecule has 1 saturated heterocycles. The molecular formula is C22H27N3O3. The third-order valence-electron chi connectivity index (χ3n) is 4.40. The lowest BCUT2D eigenvalue weighted by atomic mass is 10.2. The van der Waals surface area contributed by atoms with Gasteiger partial charge in [0.15, 0.2) is 0 Å². The topological polar surface area (TPSA) is 70.7 Å². The Balaban J connectivity index is 1.60. The molecule has 1 aliphatic heterocycles. The number of nitrogens with zero attached hydrogens (tertiary/aromatic N) is 1. The van der Waals surface area contributed by atoms with Crippen molar-refractivity contribution in [3.05, 3.63) is 54.6 Å². The van der Waals surface area contributed by atoms with Gasteiger partial charge in [0, 0.05) is 23.6 Å². The molecule has 0 bridgehead atoms. The predicted molar refractivity (Wildman–Crippen MR) is 111 cm³/mol. The molecular weight excluding hydrogens is 354 g/mol. The Labute approximate surface area is 165 Å². The highest BCUT2D eigenvalue weighted by molar-refractivity contribution is 5.97. The molecule has 0 aromatic heterocycles. The third kappa shape index (κ3) is 5.25. The maximum Gasteiger partial charge on any atom is 0.410 e. The van der Waals surface area contributed by atoms with Gasteiger partial charge in [-0.05, 0) is 70.0 Å². The van der Waals surface area contributed by atoms with Crippen LogP contribution < -0.4 is 10.6 Å². The van der Waals surface area contributed by atoms with Gasteiger partial charge in [-0.3, -0.25) is 9.69 Å². The number of benzene rings is 2. The van der Waals surface area contributed by atoms with Crippen LogP contribution in [0.4, 0.5) is 21.9 Å². The first-order valence-electron chi connectivity index (χ1n) is 9.54. The maximum absolute atomic E-state index is 12.7. The molecule has 6 heteroatoms. The van der Waals surface area contributed by atoms with E-state index in [1.807, 2.05) is 75.4 Å². The number of carbonyl (C=O) groups is 2. The van der Waals surface area contributed by atoms with Crippen LogP contribution in [0.3, 0.4) is 0 Å². The van der Waals surface area contributed by atoms with Gasteiger partial charge in [-0.25, -0.2) is 4.79 Å². The van der Waals surface area contributed by atoms with E-state index in [9.17, 15) is 9.59 Å². The Morgan fingerprint density at radius 1 is 0.964 bits per heavy atom. The number of hydrogen-bond donors (Lipinski definition) is 2. The van der Waals surface area contributed by atoms with Crippen molar-refractivity contribution in [3.8, 4) is 0 Å². The van der Waals surface area contributed by atoms with E-state index in [-0.39, 0.29) is 5.91 Å². The summed E-state index contributed by atoms with van der Waals surface area (Å²) in [5.74, 6) is -0.188. The lowest BCUT2D eigenvalue weighted by Gasteiger charge is -2.28. The fourth-order valence-corrected chi connectivity index (χ4v) is 3.13. The summed E-state index contributed by atoms with van der Waals surface area (Å²) < 4.78 is 5.42. The van der Waals surface area contributed by atoms with Crippen LogP contribution in [0.2, 0.25) is 0 Å². The van der Waals surface area contributed by atoms with Crippen molar-refractivity contribution in [2.75, 3.05) is 17.2 Å². The maximum atomic E-state index is 12.7. The molecule has 1 heterocycles. The van der Waals surface area contributed by atoms with Crippen molar-refractivity contribution in [2.24, 2.45) is 0 Å². The number of amides is 2. The molecule has 2 amide bonds. The summed E-state index contributed by atoms with van der Waals surface area (Å²) in [6, 6.07) is 16.9. The van der Waals surface area contributed by atoms with Crippen molar-refractivity contribution < 1.29 is 14.3 Å². The number of hydrogen-bond acceptors (Lipinski definition) is 4. The number of carbonyl (C=O) groups excluding carboxylic acids is 2. The molecule has 1 unspecified atom stereocenters.